The second-order valence-electron chi connectivity index (χ2n) is 8.44. The van der Waals surface area contributed by atoms with E-state index in [9.17, 15) is 4.79 Å². The summed E-state index contributed by atoms with van der Waals surface area (Å²) < 4.78 is 17.5. The Hall–Kier alpha value is -2.96. The van der Waals surface area contributed by atoms with Gasteiger partial charge < -0.3 is 19.1 Å². The molecule has 0 saturated carbocycles. The number of aryl methyl sites for hydroxylation is 1. The summed E-state index contributed by atoms with van der Waals surface area (Å²) in [6, 6.07) is 15.9. The number of pyridine rings is 1. The van der Waals surface area contributed by atoms with Crippen molar-refractivity contribution in [2.45, 2.75) is 32.5 Å². The molecule has 0 bridgehead atoms. The molecule has 3 heterocycles. The van der Waals surface area contributed by atoms with Gasteiger partial charge in [-0.25, -0.2) is 4.98 Å². The van der Waals surface area contributed by atoms with Crippen molar-refractivity contribution in [3.8, 4) is 17.0 Å². The van der Waals surface area contributed by atoms with Crippen LogP contribution < -0.4 is 4.74 Å². The van der Waals surface area contributed by atoms with Crippen LogP contribution in [0.2, 0.25) is 0 Å². The lowest BCUT2D eigenvalue weighted by molar-refractivity contribution is -0.181. The standard InChI is InChI=1S/C26H28N2O4/c1-3-30-24-17-23(19-6-4-18(2)5-7-19)27-22-9-8-20(16-21(22)24)25(29)28-12-10-26(11-13-28)31-14-15-32-26/h4-9,16-17H,3,10-15H2,1-2H3. The minimum Gasteiger partial charge on any atom is -0.493 e. The molecule has 166 valence electrons. The molecular weight excluding hydrogens is 404 g/mol. The van der Waals surface area contributed by atoms with Gasteiger partial charge in [0.05, 0.1) is 31.0 Å². The van der Waals surface area contributed by atoms with E-state index in [2.05, 4.69) is 31.2 Å². The molecule has 0 N–H and O–H groups in total. The summed E-state index contributed by atoms with van der Waals surface area (Å²) in [7, 11) is 0. The number of carbonyl (C=O) groups is 1. The fourth-order valence-corrected chi connectivity index (χ4v) is 4.49. The molecule has 6 heteroatoms. The van der Waals surface area contributed by atoms with Gasteiger partial charge in [-0.3, -0.25) is 4.79 Å². The molecule has 5 rings (SSSR count). The first-order chi connectivity index (χ1) is 15.6. The molecule has 32 heavy (non-hydrogen) atoms. The molecule has 2 fully saturated rings. The number of nitrogens with zero attached hydrogens (tertiary/aromatic N) is 2. The third kappa shape index (κ3) is 3.96. The number of hydrogen-bond acceptors (Lipinski definition) is 5. The molecule has 0 unspecified atom stereocenters. The summed E-state index contributed by atoms with van der Waals surface area (Å²) in [5, 5.41) is 0.851. The summed E-state index contributed by atoms with van der Waals surface area (Å²) in [5.74, 6) is 0.274. The minimum absolute atomic E-state index is 0.0183. The maximum absolute atomic E-state index is 13.2. The molecule has 3 aromatic rings. The van der Waals surface area contributed by atoms with Gasteiger partial charge in [0.1, 0.15) is 5.75 Å². The monoisotopic (exact) mass is 432 g/mol. The molecule has 1 aromatic heterocycles. The number of aromatic nitrogens is 1. The van der Waals surface area contributed by atoms with E-state index in [-0.39, 0.29) is 5.91 Å². The van der Waals surface area contributed by atoms with Gasteiger partial charge in [0, 0.05) is 48.5 Å². The van der Waals surface area contributed by atoms with Crippen LogP contribution in [0.1, 0.15) is 35.7 Å². The number of piperidine rings is 1. The van der Waals surface area contributed by atoms with Gasteiger partial charge >= 0.3 is 0 Å². The summed E-state index contributed by atoms with van der Waals surface area (Å²) >= 11 is 0. The summed E-state index contributed by atoms with van der Waals surface area (Å²) in [6.07, 6.45) is 1.41. The molecule has 0 aliphatic carbocycles. The van der Waals surface area contributed by atoms with Crippen molar-refractivity contribution >= 4 is 16.8 Å². The average molecular weight is 433 g/mol. The highest BCUT2D eigenvalue weighted by atomic mass is 16.7. The summed E-state index contributed by atoms with van der Waals surface area (Å²) in [5.41, 5.74) is 4.56. The molecular formula is C26H28N2O4. The van der Waals surface area contributed by atoms with Gasteiger partial charge in [0.25, 0.3) is 5.91 Å². The molecule has 1 amide bonds. The van der Waals surface area contributed by atoms with Crippen molar-refractivity contribution < 1.29 is 19.0 Å². The summed E-state index contributed by atoms with van der Waals surface area (Å²) in [6.45, 7) is 7.09. The Morgan fingerprint density at radius 3 is 2.47 bits per heavy atom. The highest BCUT2D eigenvalue weighted by Gasteiger charge is 2.40. The van der Waals surface area contributed by atoms with Crippen LogP contribution in [0.5, 0.6) is 5.75 Å². The second kappa shape index (κ2) is 8.52. The lowest BCUT2D eigenvalue weighted by Crippen LogP contribution is -2.47. The number of likely N-dealkylation sites (tertiary alicyclic amines) is 1. The Bertz CT molecular complexity index is 1130. The Kier molecular flexibility index (Phi) is 5.57. The molecule has 2 saturated heterocycles. The van der Waals surface area contributed by atoms with E-state index < -0.39 is 5.79 Å². The Morgan fingerprint density at radius 1 is 1.06 bits per heavy atom. The first kappa shape index (κ1) is 20.9. The van der Waals surface area contributed by atoms with Crippen molar-refractivity contribution in [3.05, 3.63) is 59.7 Å². The lowest BCUT2D eigenvalue weighted by atomic mass is 10.0. The topological polar surface area (TPSA) is 60.9 Å². The van der Waals surface area contributed by atoms with Crippen LogP contribution in [0, 0.1) is 6.92 Å². The van der Waals surface area contributed by atoms with Crippen molar-refractivity contribution in [1.82, 2.24) is 9.88 Å². The smallest absolute Gasteiger partial charge is 0.253 e. The zero-order chi connectivity index (χ0) is 22.1. The van der Waals surface area contributed by atoms with Gasteiger partial charge in [-0.1, -0.05) is 29.8 Å². The largest absolute Gasteiger partial charge is 0.493 e. The summed E-state index contributed by atoms with van der Waals surface area (Å²) in [4.78, 5) is 19.9. The molecule has 1 spiro atoms. The fourth-order valence-electron chi connectivity index (χ4n) is 4.49. The van der Waals surface area contributed by atoms with Gasteiger partial charge in [-0.2, -0.15) is 0 Å². The van der Waals surface area contributed by atoms with E-state index >= 15 is 0 Å². The van der Waals surface area contributed by atoms with Crippen molar-refractivity contribution in [1.29, 1.82) is 0 Å². The quantitative estimate of drug-likeness (QED) is 0.604. The SMILES string of the molecule is CCOc1cc(-c2ccc(C)cc2)nc2ccc(C(=O)N3CCC4(CC3)OCCO4)cc12. The predicted octanol–water partition coefficient (Wildman–Crippen LogP) is 4.59. The van der Waals surface area contributed by atoms with Crippen LogP contribution in [-0.2, 0) is 9.47 Å². The van der Waals surface area contributed by atoms with Gasteiger partial charge in [0.15, 0.2) is 5.79 Å². The minimum atomic E-state index is -0.488. The van der Waals surface area contributed by atoms with Crippen LogP contribution >= 0.6 is 0 Å². The zero-order valence-corrected chi connectivity index (χ0v) is 18.6. The van der Waals surface area contributed by atoms with E-state index in [1.165, 1.54) is 5.56 Å². The van der Waals surface area contributed by atoms with Gasteiger partial charge in [-0.05, 0) is 32.0 Å². The number of fused-ring (bicyclic) bond motifs is 1. The number of amides is 1. The Balaban J connectivity index is 1.43. The van der Waals surface area contributed by atoms with E-state index in [1.807, 2.05) is 36.1 Å². The van der Waals surface area contributed by atoms with E-state index in [1.54, 1.807) is 0 Å². The van der Waals surface area contributed by atoms with E-state index in [4.69, 9.17) is 19.2 Å². The molecule has 0 radical (unpaired) electrons. The van der Waals surface area contributed by atoms with Gasteiger partial charge in [0.2, 0.25) is 0 Å². The number of carbonyl (C=O) groups excluding carboxylic acids is 1. The van der Waals surface area contributed by atoms with E-state index in [0.717, 1.165) is 27.9 Å². The maximum Gasteiger partial charge on any atom is 0.253 e. The van der Waals surface area contributed by atoms with Crippen molar-refractivity contribution in [2.75, 3.05) is 32.9 Å². The number of ether oxygens (including phenoxy) is 3. The van der Waals surface area contributed by atoms with Crippen LogP contribution in [0.15, 0.2) is 48.5 Å². The van der Waals surface area contributed by atoms with Crippen LogP contribution in [0.3, 0.4) is 0 Å². The number of benzene rings is 2. The van der Waals surface area contributed by atoms with Crippen LogP contribution in [-0.4, -0.2) is 54.5 Å². The molecule has 2 aliphatic rings. The fraction of sp³-hybridized carbons (Fsp3) is 0.385. The third-order valence-electron chi connectivity index (χ3n) is 6.29. The van der Waals surface area contributed by atoms with Crippen LogP contribution in [0.4, 0.5) is 0 Å². The second-order valence-corrected chi connectivity index (χ2v) is 8.44. The Labute approximate surface area is 188 Å². The predicted molar refractivity (Wildman–Crippen MR) is 123 cm³/mol. The first-order valence-corrected chi connectivity index (χ1v) is 11.3. The van der Waals surface area contributed by atoms with Gasteiger partial charge in [-0.15, -0.1) is 0 Å². The number of rotatable bonds is 4. The Morgan fingerprint density at radius 2 is 1.78 bits per heavy atom. The number of hydrogen-bond donors (Lipinski definition) is 0. The average Bonchev–Trinajstić information content (AvgIpc) is 3.27. The highest BCUT2D eigenvalue weighted by Crippen LogP contribution is 2.34. The lowest BCUT2D eigenvalue weighted by Gasteiger charge is -2.37. The van der Waals surface area contributed by atoms with Crippen LogP contribution in [0.25, 0.3) is 22.2 Å². The first-order valence-electron chi connectivity index (χ1n) is 11.3. The molecule has 6 nitrogen and oxygen atoms in total. The maximum atomic E-state index is 13.2. The van der Waals surface area contributed by atoms with Crippen molar-refractivity contribution in [2.24, 2.45) is 0 Å². The normalized spacial score (nSPS) is 17.8. The highest BCUT2D eigenvalue weighted by molar-refractivity contribution is 5.99. The molecule has 2 aliphatic heterocycles. The zero-order valence-electron chi connectivity index (χ0n) is 18.6. The molecule has 2 aromatic carbocycles. The third-order valence-corrected chi connectivity index (χ3v) is 6.29. The van der Waals surface area contributed by atoms with E-state index in [0.29, 0.717) is 51.3 Å². The van der Waals surface area contributed by atoms with Crippen molar-refractivity contribution in [3.63, 3.8) is 0 Å². The molecule has 0 atom stereocenters.